The lowest BCUT2D eigenvalue weighted by atomic mass is 9.99. The Labute approximate surface area is 181 Å². The molecule has 3 aromatic rings. The molecule has 30 heavy (non-hydrogen) atoms. The monoisotopic (exact) mass is 443 g/mol. The Morgan fingerprint density at radius 1 is 1.27 bits per heavy atom. The summed E-state index contributed by atoms with van der Waals surface area (Å²) >= 11 is 7.77. The summed E-state index contributed by atoms with van der Waals surface area (Å²) in [7, 11) is 0. The van der Waals surface area contributed by atoms with Crippen LogP contribution >= 0.6 is 22.9 Å². The zero-order valence-corrected chi connectivity index (χ0v) is 17.6. The van der Waals surface area contributed by atoms with E-state index < -0.39 is 17.7 Å². The summed E-state index contributed by atoms with van der Waals surface area (Å²) in [6.45, 7) is 2.48. The predicted molar refractivity (Wildman–Crippen MR) is 113 cm³/mol. The average molecular weight is 444 g/mol. The number of rotatable bonds is 6. The van der Waals surface area contributed by atoms with E-state index in [1.54, 1.807) is 30.3 Å². The van der Waals surface area contributed by atoms with E-state index in [2.05, 4.69) is 0 Å². The van der Waals surface area contributed by atoms with Gasteiger partial charge in [-0.2, -0.15) is 0 Å². The number of carbonyl (C=O) groups excluding carboxylic acids is 2. The van der Waals surface area contributed by atoms with Crippen molar-refractivity contribution in [2.24, 2.45) is 0 Å². The Morgan fingerprint density at radius 3 is 2.77 bits per heavy atom. The summed E-state index contributed by atoms with van der Waals surface area (Å²) < 4.78 is 11.0. The van der Waals surface area contributed by atoms with Crippen LogP contribution in [0.3, 0.4) is 0 Å². The van der Waals surface area contributed by atoms with Crippen molar-refractivity contribution < 1.29 is 23.8 Å². The number of furan rings is 1. The maximum absolute atomic E-state index is 13.0. The summed E-state index contributed by atoms with van der Waals surface area (Å²) in [4.78, 5) is 28.1. The van der Waals surface area contributed by atoms with Gasteiger partial charge in [0, 0.05) is 10.4 Å². The first-order valence-electron chi connectivity index (χ1n) is 9.28. The molecule has 8 heteroatoms. The third kappa shape index (κ3) is 3.62. The zero-order valence-electron chi connectivity index (χ0n) is 16.0. The van der Waals surface area contributed by atoms with Gasteiger partial charge in [0.1, 0.15) is 23.3 Å². The third-order valence-corrected chi connectivity index (χ3v) is 5.95. The largest absolute Gasteiger partial charge is 0.507 e. The predicted octanol–water partition coefficient (Wildman–Crippen LogP) is 5.02. The number of likely N-dealkylation sites (tertiary alicyclic amines) is 1. The highest BCUT2D eigenvalue weighted by Crippen LogP contribution is 2.42. The van der Waals surface area contributed by atoms with Crippen LogP contribution in [0.5, 0.6) is 5.75 Å². The first kappa shape index (κ1) is 20.3. The lowest BCUT2D eigenvalue weighted by Gasteiger charge is -2.22. The number of aliphatic hydroxyl groups is 1. The highest BCUT2D eigenvalue weighted by molar-refractivity contribution is 7.09. The smallest absolute Gasteiger partial charge is 0.296 e. The quantitative estimate of drug-likeness (QED) is 0.329. The van der Waals surface area contributed by atoms with E-state index in [1.807, 2.05) is 24.4 Å². The summed E-state index contributed by atoms with van der Waals surface area (Å²) in [6, 6.07) is 11.0. The molecule has 1 N–H and O–H groups in total. The van der Waals surface area contributed by atoms with Crippen LogP contribution in [0.15, 0.2) is 64.1 Å². The minimum atomic E-state index is -0.867. The molecule has 0 radical (unpaired) electrons. The second-order valence-corrected chi connectivity index (χ2v) is 8.04. The minimum absolute atomic E-state index is 0.0675. The number of aliphatic hydroxyl groups excluding tert-OH is 1. The molecule has 1 aromatic carbocycles. The number of ketones is 1. The molecule has 1 unspecified atom stereocenters. The number of amides is 1. The fourth-order valence-electron chi connectivity index (χ4n) is 3.44. The Bertz CT molecular complexity index is 1100. The Kier molecular flexibility index (Phi) is 5.65. The number of thiophene rings is 1. The molecule has 3 heterocycles. The summed E-state index contributed by atoms with van der Waals surface area (Å²) in [5.74, 6) is -0.989. The number of hydrogen-bond acceptors (Lipinski definition) is 6. The van der Waals surface area contributed by atoms with Crippen LogP contribution in [-0.2, 0) is 16.1 Å². The molecular weight excluding hydrogens is 426 g/mol. The molecule has 1 saturated heterocycles. The minimum Gasteiger partial charge on any atom is -0.507 e. The van der Waals surface area contributed by atoms with E-state index in [4.69, 9.17) is 20.8 Å². The van der Waals surface area contributed by atoms with Crippen molar-refractivity contribution in [2.75, 3.05) is 6.61 Å². The highest BCUT2D eigenvalue weighted by atomic mass is 35.5. The SMILES string of the molecule is CCOc1ccc(Cl)c(/C(O)=C2/C(=O)C(=O)N(Cc3cccs3)C2c2ccco2)c1. The van der Waals surface area contributed by atoms with Gasteiger partial charge in [-0.05, 0) is 48.7 Å². The number of carbonyl (C=O) groups is 2. The molecule has 1 atom stereocenters. The molecule has 0 bridgehead atoms. The molecule has 1 amide bonds. The average Bonchev–Trinajstić information content (AvgIpc) is 3.48. The van der Waals surface area contributed by atoms with Crippen molar-refractivity contribution in [3.05, 3.63) is 80.9 Å². The summed E-state index contributed by atoms with van der Waals surface area (Å²) in [5, 5.41) is 13.2. The van der Waals surface area contributed by atoms with Gasteiger partial charge < -0.3 is 19.2 Å². The second kappa shape index (κ2) is 8.38. The van der Waals surface area contributed by atoms with Gasteiger partial charge in [-0.25, -0.2) is 0 Å². The van der Waals surface area contributed by atoms with Crippen molar-refractivity contribution in [2.45, 2.75) is 19.5 Å². The molecule has 6 nitrogen and oxygen atoms in total. The van der Waals surface area contributed by atoms with Crippen molar-refractivity contribution in [1.82, 2.24) is 4.90 Å². The van der Waals surface area contributed by atoms with E-state index in [9.17, 15) is 14.7 Å². The number of ether oxygens (including phenoxy) is 1. The van der Waals surface area contributed by atoms with Gasteiger partial charge >= 0.3 is 0 Å². The standard InChI is InChI=1S/C22H18ClNO5S/c1-2-28-13-7-8-16(23)15(11-13)20(25)18-19(17-6-3-9-29-17)24(22(27)21(18)26)12-14-5-4-10-30-14/h3-11,19,25H,2,12H2,1H3/b20-18-. The van der Waals surface area contributed by atoms with Gasteiger partial charge in [-0.15, -0.1) is 11.3 Å². The normalized spacial score (nSPS) is 18.2. The van der Waals surface area contributed by atoms with Gasteiger partial charge in [0.2, 0.25) is 0 Å². The fraction of sp³-hybridized carbons (Fsp3) is 0.182. The molecule has 1 fully saturated rings. The van der Waals surface area contributed by atoms with Crippen molar-refractivity contribution in [3.63, 3.8) is 0 Å². The van der Waals surface area contributed by atoms with Gasteiger partial charge in [0.05, 0.1) is 30.0 Å². The Hall–Kier alpha value is -3.03. The molecule has 154 valence electrons. The first-order chi connectivity index (χ1) is 14.5. The maximum Gasteiger partial charge on any atom is 0.296 e. The van der Waals surface area contributed by atoms with Crippen LogP contribution < -0.4 is 4.74 Å². The van der Waals surface area contributed by atoms with Crippen LogP contribution in [0.2, 0.25) is 5.02 Å². The lowest BCUT2D eigenvalue weighted by Crippen LogP contribution is -2.28. The van der Waals surface area contributed by atoms with E-state index >= 15 is 0 Å². The van der Waals surface area contributed by atoms with E-state index in [-0.39, 0.29) is 28.5 Å². The van der Waals surface area contributed by atoms with E-state index in [1.165, 1.54) is 22.5 Å². The number of Topliss-reactive ketones (excluding diaryl/α,β-unsaturated/α-hetero) is 1. The Balaban J connectivity index is 1.85. The van der Waals surface area contributed by atoms with Gasteiger partial charge in [-0.1, -0.05) is 17.7 Å². The Morgan fingerprint density at radius 2 is 2.10 bits per heavy atom. The number of halogens is 1. The number of benzene rings is 1. The lowest BCUT2D eigenvalue weighted by molar-refractivity contribution is -0.140. The number of nitrogens with zero attached hydrogens (tertiary/aromatic N) is 1. The molecule has 1 aliphatic heterocycles. The van der Waals surface area contributed by atoms with Crippen LogP contribution in [0.1, 0.15) is 29.2 Å². The van der Waals surface area contributed by atoms with Crippen molar-refractivity contribution in [1.29, 1.82) is 0 Å². The van der Waals surface area contributed by atoms with Gasteiger partial charge in [0.25, 0.3) is 11.7 Å². The number of hydrogen-bond donors (Lipinski definition) is 1. The molecule has 2 aromatic heterocycles. The maximum atomic E-state index is 13.0. The van der Waals surface area contributed by atoms with Gasteiger partial charge in [-0.3, -0.25) is 9.59 Å². The van der Waals surface area contributed by atoms with Crippen LogP contribution in [0, 0.1) is 0 Å². The van der Waals surface area contributed by atoms with Crippen LogP contribution in [-0.4, -0.2) is 28.3 Å². The molecule has 4 rings (SSSR count). The fourth-order valence-corrected chi connectivity index (χ4v) is 4.35. The van der Waals surface area contributed by atoms with E-state index in [0.717, 1.165) is 4.88 Å². The zero-order chi connectivity index (χ0) is 21.3. The third-order valence-electron chi connectivity index (χ3n) is 4.76. The van der Waals surface area contributed by atoms with Crippen LogP contribution in [0.4, 0.5) is 0 Å². The summed E-state index contributed by atoms with van der Waals surface area (Å²) in [5.41, 5.74) is 0.148. The van der Waals surface area contributed by atoms with E-state index in [0.29, 0.717) is 18.1 Å². The highest BCUT2D eigenvalue weighted by Gasteiger charge is 2.47. The van der Waals surface area contributed by atoms with Crippen molar-refractivity contribution in [3.8, 4) is 5.75 Å². The topological polar surface area (TPSA) is 80.0 Å². The molecular formula is C22H18ClNO5S. The second-order valence-electron chi connectivity index (χ2n) is 6.60. The van der Waals surface area contributed by atoms with Crippen molar-refractivity contribution >= 4 is 40.4 Å². The van der Waals surface area contributed by atoms with Crippen LogP contribution in [0.25, 0.3) is 5.76 Å². The summed E-state index contributed by atoms with van der Waals surface area (Å²) in [6.07, 6.45) is 1.46. The molecule has 0 saturated carbocycles. The molecule has 0 spiro atoms. The van der Waals surface area contributed by atoms with Gasteiger partial charge in [0.15, 0.2) is 0 Å². The first-order valence-corrected chi connectivity index (χ1v) is 10.5. The molecule has 1 aliphatic rings. The molecule has 0 aliphatic carbocycles.